The second-order valence-electron chi connectivity index (χ2n) is 5.60. The molecule has 1 atom stereocenters. The van der Waals surface area contributed by atoms with Crippen molar-refractivity contribution in [2.45, 2.75) is 12.8 Å². The van der Waals surface area contributed by atoms with Gasteiger partial charge < -0.3 is 10.0 Å². The second-order valence-corrected chi connectivity index (χ2v) is 6.63. The van der Waals surface area contributed by atoms with Crippen molar-refractivity contribution in [1.82, 2.24) is 9.88 Å². The van der Waals surface area contributed by atoms with Gasteiger partial charge in [-0.25, -0.2) is 13.8 Å². The van der Waals surface area contributed by atoms with Crippen molar-refractivity contribution in [3.63, 3.8) is 0 Å². The summed E-state index contributed by atoms with van der Waals surface area (Å²) in [7, 11) is 0. The van der Waals surface area contributed by atoms with Crippen molar-refractivity contribution >= 4 is 17.2 Å². The molecule has 7 heteroatoms. The topological polar surface area (TPSA) is 53.4 Å². The summed E-state index contributed by atoms with van der Waals surface area (Å²) in [6.45, 7) is 1.27. The molecule has 0 saturated carbocycles. The first-order valence-corrected chi connectivity index (χ1v) is 8.21. The second kappa shape index (κ2) is 6.72. The summed E-state index contributed by atoms with van der Waals surface area (Å²) >= 11 is 1.16. The molecule has 23 heavy (non-hydrogen) atoms. The fraction of sp³-hybridized carbons (Fsp3) is 0.375. The van der Waals surface area contributed by atoms with Gasteiger partial charge in [-0.1, -0.05) is 0 Å². The molecule has 1 unspecified atom stereocenters. The van der Waals surface area contributed by atoms with E-state index in [1.165, 1.54) is 12.3 Å². The van der Waals surface area contributed by atoms with Crippen LogP contribution in [0.1, 0.15) is 22.5 Å². The monoisotopic (exact) mass is 338 g/mol. The van der Waals surface area contributed by atoms with Crippen LogP contribution in [0, 0.1) is 17.6 Å². The fourth-order valence-corrected chi connectivity index (χ4v) is 3.57. The number of carbonyl (C=O) groups is 1. The molecule has 2 aromatic rings. The van der Waals surface area contributed by atoms with Gasteiger partial charge in [-0.2, -0.15) is 0 Å². The number of aliphatic hydroxyl groups is 1. The van der Waals surface area contributed by atoms with Gasteiger partial charge in [0.1, 0.15) is 9.88 Å². The molecule has 1 amide bonds. The van der Waals surface area contributed by atoms with E-state index in [1.807, 2.05) is 0 Å². The Morgan fingerprint density at radius 1 is 1.39 bits per heavy atom. The highest BCUT2D eigenvalue weighted by Crippen LogP contribution is 2.28. The van der Waals surface area contributed by atoms with E-state index in [-0.39, 0.29) is 18.4 Å². The van der Waals surface area contributed by atoms with Crippen LogP contribution in [0.5, 0.6) is 0 Å². The van der Waals surface area contributed by atoms with Gasteiger partial charge in [0.15, 0.2) is 11.6 Å². The Hall–Kier alpha value is -1.86. The van der Waals surface area contributed by atoms with E-state index in [9.17, 15) is 18.7 Å². The highest BCUT2D eigenvalue weighted by molar-refractivity contribution is 7.16. The summed E-state index contributed by atoms with van der Waals surface area (Å²) in [6.07, 6.45) is 3.25. The predicted molar refractivity (Wildman–Crippen MR) is 83.2 cm³/mol. The third-order valence-corrected chi connectivity index (χ3v) is 4.98. The lowest BCUT2D eigenvalue weighted by Gasteiger charge is -2.31. The minimum Gasteiger partial charge on any atom is -0.396 e. The van der Waals surface area contributed by atoms with Crippen molar-refractivity contribution in [1.29, 1.82) is 0 Å². The van der Waals surface area contributed by atoms with E-state index >= 15 is 0 Å². The number of thiazole rings is 1. The van der Waals surface area contributed by atoms with Gasteiger partial charge in [0, 0.05) is 25.3 Å². The molecular formula is C16H16F2N2O2S. The van der Waals surface area contributed by atoms with Gasteiger partial charge in [-0.05, 0) is 37.0 Å². The van der Waals surface area contributed by atoms with E-state index in [2.05, 4.69) is 4.98 Å². The summed E-state index contributed by atoms with van der Waals surface area (Å²) in [5.41, 5.74) is 0.444. The zero-order valence-electron chi connectivity index (χ0n) is 12.3. The molecule has 122 valence electrons. The number of rotatable bonds is 3. The Morgan fingerprint density at radius 3 is 2.96 bits per heavy atom. The third-order valence-electron chi connectivity index (χ3n) is 3.95. The maximum absolute atomic E-state index is 13.3. The van der Waals surface area contributed by atoms with Crippen LogP contribution in [-0.2, 0) is 0 Å². The minimum absolute atomic E-state index is 0.0760. The Morgan fingerprint density at radius 2 is 2.22 bits per heavy atom. The van der Waals surface area contributed by atoms with E-state index in [1.54, 1.807) is 4.90 Å². The Kier molecular flexibility index (Phi) is 4.68. The fourth-order valence-electron chi connectivity index (χ4n) is 2.69. The van der Waals surface area contributed by atoms with Crippen molar-refractivity contribution in [3.8, 4) is 10.6 Å². The molecule has 4 nitrogen and oxygen atoms in total. The SMILES string of the molecule is O=C(c1cnc(-c2ccc(F)c(F)c2)s1)N1CCCC(CO)C1. The highest BCUT2D eigenvalue weighted by Gasteiger charge is 2.25. The van der Waals surface area contributed by atoms with Gasteiger partial charge in [0.2, 0.25) is 0 Å². The molecule has 1 aromatic heterocycles. The van der Waals surface area contributed by atoms with Gasteiger partial charge in [-0.3, -0.25) is 4.79 Å². The predicted octanol–water partition coefficient (Wildman–Crippen LogP) is 2.93. The third kappa shape index (κ3) is 3.40. The van der Waals surface area contributed by atoms with Crippen molar-refractivity contribution in [2.24, 2.45) is 5.92 Å². The molecule has 2 heterocycles. The standard InChI is InChI=1S/C16H16F2N2O2S/c17-12-4-3-11(6-13(12)18)15-19-7-14(23-15)16(22)20-5-1-2-10(8-20)9-21/h3-4,6-7,10,21H,1-2,5,8-9H2. The first kappa shape index (κ1) is 16.0. The molecule has 0 aliphatic carbocycles. The number of amides is 1. The summed E-state index contributed by atoms with van der Waals surface area (Å²) in [6, 6.07) is 3.56. The molecule has 1 N–H and O–H groups in total. The molecule has 1 aliphatic rings. The molecule has 0 bridgehead atoms. The van der Waals surface area contributed by atoms with Gasteiger partial charge in [0.25, 0.3) is 5.91 Å². The molecular weight excluding hydrogens is 322 g/mol. The number of benzene rings is 1. The number of aromatic nitrogens is 1. The van der Waals surface area contributed by atoms with Crippen LogP contribution in [0.3, 0.4) is 0 Å². The molecule has 0 spiro atoms. The number of nitrogens with zero attached hydrogens (tertiary/aromatic N) is 2. The zero-order chi connectivity index (χ0) is 16.4. The number of hydrogen-bond acceptors (Lipinski definition) is 4. The number of carbonyl (C=O) groups excluding carboxylic acids is 1. The first-order valence-electron chi connectivity index (χ1n) is 7.40. The summed E-state index contributed by atoms with van der Waals surface area (Å²) in [5.74, 6) is -1.86. The number of hydrogen-bond donors (Lipinski definition) is 1. The van der Waals surface area contributed by atoms with Gasteiger partial charge >= 0.3 is 0 Å². The maximum Gasteiger partial charge on any atom is 0.265 e. The van der Waals surface area contributed by atoms with E-state index in [4.69, 9.17) is 0 Å². The lowest BCUT2D eigenvalue weighted by atomic mass is 9.99. The van der Waals surface area contributed by atoms with Crippen LogP contribution < -0.4 is 0 Å². The summed E-state index contributed by atoms with van der Waals surface area (Å²) in [4.78, 5) is 18.8. The molecule has 3 rings (SSSR count). The number of aliphatic hydroxyl groups excluding tert-OH is 1. The summed E-state index contributed by atoms with van der Waals surface area (Å²) in [5, 5.41) is 9.72. The van der Waals surface area contributed by atoms with Crippen LogP contribution in [0.4, 0.5) is 8.78 Å². The number of piperidine rings is 1. The van der Waals surface area contributed by atoms with E-state index in [0.29, 0.717) is 28.5 Å². The Bertz CT molecular complexity index is 720. The molecule has 1 fully saturated rings. The van der Waals surface area contributed by atoms with Crippen molar-refractivity contribution < 1.29 is 18.7 Å². The van der Waals surface area contributed by atoms with Crippen molar-refractivity contribution in [2.75, 3.05) is 19.7 Å². The average molecular weight is 338 g/mol. The zero-order valence-corrected chi connectivity index (χ0v) is 13.2. The number of likely N-dealkylation sites (tertiary alicyclic amines) is 1. The van der Waals surface area contributed by atoms with Crippen LogP contribution >= 0.6 is 11.3 Å². The molecule has 1 aliphatic heterocycles. The van der Waals surface area contributed by atoms with Crippen LogP contribution in [-0.4, -0.2) is 40.6 Å². The molecule has 1 saturated heterocycles. The smallest absolute Gasteiger partial charge is 0.265 e. The van der Waals surface area contributed by atoms with E-state index < -0.39 is 11.6 Å². The van der Waals surface area contributed by atoms with E-state index in [0.717, 1.165) is 36.3 Å². The van der Waals surface area contributed by atoms with Crippen LogP contribution in [0.2, 0.25) is 0 Å². The van der Waals surface area contributed by atoms with Crippen LogP contribution in [0.25, 0.3) is 10.6 Å². The van der Waals surface area contributed by atoms with Crippen LogP contribution in [0.15, 0.2) is 24.4 Å². The lowest BCUT2D eigenvalue weighted by Crippen LogP contribution is -2.40. The number of halogens is 2. The average Bonchev–Trinajstić information content (AvgIpc) is 3.06. The Balaban J connectivity index is 1.78. The van der Waals surface area contributed by atoms with Crippen molar-refractivity contribution in [3.05, 3.63) is 40.9 Å². The van der Waals surface area contributed by atoms with Gasteiger partial charge in [0.05, 0.1) is 6.20 Å². The highest BCUT2D eigenvalue weighted by atomic mass is 32.1. The first-order chi connectivity index (χ1) is 11.1. The summed E-state index contributed by atoms with van der Waals surface area (Å²) < 4.78 is 26.3. The van der Waals surface area contributed by atoms with Gasteiger partial charge in [-0.15, -0.1) is 11.3 Å². The Labute approximate surface area is 136 Å². The largest absolute Gasteiger partial charge is 0.396 e. The quantitative estimate of drug-likeness (QED) is 0.936. The normalized spacial score (nSPS) is 18.2. The maximum atomic E-state index is 13.3. The molecule has 0 radical (unpaired) electrons. The lowest BCUT2D eigenvalue weighted by molar-refractivity contribution is 0.0625. The minimum atomic E-state index is -0.938. The molecule has 1 aromatic carbocycles.